The lowest BCUT2D eigenvalue weighted by molar-refractivity contribution is 0.901. The van der Waals surface area contributed by atoms with Crippen molar-refractivity contribution >= 4 is 6.08 Å². The summed E-state index contributed by atoms with van der Waals surface area (Å²) in [5.74, 6) is 6.59. The van der Waals surface area contributed by atoms with Crippen molar-refractivity contribution in [3.8, 4) is 11.8 Å². The third-order valence-corrected chi connectivity index (χ3v) is 3.44. The van der Waals surface area contributed by atoms with E-state index in [0.29, 0.717) is 0 Å². The Balaban J connectivity index is 2.27. The predicted molar refractivity (Wildman–Crippen MR) is 96.4 cm³/mol. The van der Waals surface area contributed by atoms with Gasteiger partial charge < -0.3 is 0 Å². The summed E-state index contributed by atoms with van der Waals surface area (Å²) in [5, 5.41) is 0. The van der Waals surface area contributed by atoms with Gasteiger partial charge in [-0.15, -0.1) is 0 Å². The van der Waals surface area contributed by atoms with Crippen molar-refractivity contribution < 1.29 is 0 Å². The summed E-state index contributed by atoms with van der Waals surface area (Å²) in [4.78, 5) is 0. The van der Waals surface area contributed by atoms with Crippen molar-refractivity contribution in [2.45, 2.75) is 26.7 Å². The zero-order valence-corrected chi connectivity index (χ0v) is 13.3. The second-order valence-corrected chi connectivity index (χ2v) is 5.30. The van der Waals surface area contributed by atoms with Crippen molar-refractivity contribution in [3.05, 3.63) is 89.0 Å². The Morgan fingerprint density at radius 2 is 1.59 bits per heavy atom. The molecular formula is C22H22. The maximum absolute atomic E-state index is 3.33. The highest BCUT2D eigenvalue weighted by molar-refractivity contribution is 5.58. The molecule has 0 radical (unpaired) electrons. The van der Waals surface area contributed by atoms with Gasteiger partial charge in [0.2, 0.25) is 0 Å². The molecule has 0 fully saturated rings. The number of rotatable bonds is 4. The Bertz CT molecular complexity index is 692. The molecule has 2 aromatic rings. The third-order valence-electron chi connectivity index (χ3n) is 3.44. The minimum Gasteiger partial charge on any atom is -0.0651 e. The first kappa shape index (κ1) is 15.9. The van der Waals surface area contributed by atoms with E-state index >= 15 is 0 Å². The summed E-state index contributed by atoms with van der Waals surface area (Å²) in [6.07, 6.45) is 6.49. The van der Waals surface area contributed by atoms with Gasteiger partial charge in [0.25, 0.3) is 0 Å². The Morgan fingerprint density at radius 3 is 2.23 bits per heavy atom. The first-order valence-corrected chi connectivity index (χ1v) is 7.79. The molecule has 0 saturated carbocycles. The van der Waals surface area contributed by atoms with Crippen LogP contribution in [0, 0.1) is 11.8 Å². The average Bonchev–Trinajstić information content (AvgIpc) is 2.57. The topological polar surface area (TPSA) is 0 Å². The van der Waals surface area contributed by atoms with Crippen molar-refractivity contribution in [2.24, 2.45) is 0 Å². The van der Waals surface area contributed by atoms with E-state index in [1.807, 2.05) is 36.4 Å². The van der Waals surface area contributed by atoms with E-state index in [1.165, 1.54) is 11.1 Å². The van der Waals surface area contributed by atoms with Gasteiger partial charge in [-0.05, 0) is 37.1 Å². The number of hydrogen-bond acceptors (Lipinski definition) is 0. The van der Waals surface area contributed by atoms with Crippen LogP contribution in [0.4, 0.5) is 0 Å². The SMILES string of the molecule is CCC/C(C)=C(C#Cc1ccccc1)/C=C/c1ccccc1. The van der Waals surface area contributed by atoms with Crippen LogP contribution >= 0.6 is 0 Å². The molecule has 0 N–H and O–H groups in total. The molecule has 2 rings (SSSR count). The zero-order chi connectivity index (χ0) is 15.6. The lowest BCUT2D eigenvalue weighted by Gasteiger charge is -2.01. The van der Waals surface area contributed by atoms with Gasteiger partial charge >= 0.3 is 0 Å². The van der Waals surface area contributed by atoms with Crippen LogP contribution in [0.5, 0.6) is 0 Å². The number of benzene rings is 2. The molecular weight excluding hydrogens is 264 g/mol. The van der Waals surface area contributed by atoms with Crippen LogP contribution in [-0.2, 0) is 0 Å². The summed E-state index contributed by atoms with van der Waals surface area (Å²) < 4.78 is 0. The molecule has 2 aromatic carbocycles. The van der Waals surface area contributed by atoms with E-state index < -0.39 is 0 Å². The van der Waals surface area contributed by atoms with Crippen molar-refractivity contribution in [1.29, 1.82) is 0 Å². The minimum atomic E-state index is 1.05. The molecule has 0 spiro atoms. The summed E-state index contributed by atoms with van der Waals surface area (Å²) in [5.41, 5.74) is 4.72. The second-order valence-electron chi connectivity index (χ2n) is 5.30. The highest BCUT2D eigenvalue weighted by atomic mass is 14.0. The zero-order valence-electron chi connectivity index (χ0n) is 13.3. The lowest BCUT2D eigenvalue weighted by Crippen LogP contribution is -1.84. The molecule has 0 aliphatic rings. The smallest absolute Gasteiger partial charge is 0.0249 e. The highest BCUT2D eigenvalue weighted by Crippen LogP contribution is 2.13. The molecule has 0 aliphatic carbocycles. The van der Waals surface area contributed by atoms with Crippen LogP contribution < -0.4 is 0 Å². The molecule has 0 atom stereocenters. The van der Waals surface area contributed by atoms with Crippen LogP contribution in [0.15, 0.2) is 77.9 Å². The van der Waals surface area contributed by atoms with Gasteiger partial charge in [0.15, 0.2) is 0 Å². The van der Waals surface area contributed by atoms with E-state index in [-0.39, 0.29) is 0 Å². The van der Waals surface area contributed by atoms with Crippen molar-refractivity contribution in [2.75, 3.05) is 0 Å². The first-order valence-electron chi connectivity index (χ1n) is 7.79. The Labute approximate surface area is 134 Å². The monoisotopic (exact) mass is 286 g/mol. The molecule has 0 aliphatic heterocycles. The number of hydrogen-bond donors (Lipinski definition) is 0. The molecule has 0 heterocycles. The largest absolute Gasteiger partial charge is 0.0651 e. The van der Waals surface area contributed by atoms with Gasteiger partial charge in [0, 0.05) is 11.1 Å². The molecule has 0 unspecified atom stereocenters. The van der Waals surface area contributed by atoms with Crippen molar-refractivity contribution in [3.63, 3.8) is 0 Å². The molecule has 22 heavy (non-hydrogen) atoms. The first-order chi connectivity index (χ1) is 10.8. The molecule has 0 saturated heterocycles. The summed E-state index contributed by atoms with van der Waals surface area (Å²) in [6, 6.07) is 20.5. The van der Waals surface area contributed by atoms with Gasteiger partial charge in [-0.2, -0.15) is 0 Å². The lowest BCUT2D eigenvalue weighted by atomic mass is 10.0. The minimum absolute atomic E-state index is 1.05. The highest BCUT2D eigenvalue weighted by Gasteiger charge is 1.96. The van der Waals surface area contributed by atoms with E-state index in [2.05, 4.69) is 62.1 Å². The van der Waals surface area contributed by atoms with Gasteiger partial charge in [-0.1, -0.05) is 85.4 Å². The van der Waals surface area contributed by atoms with E-state index in [0.717, 1.165) is 24.0 Å². The Morgan fingerprint density at radius 1 is 0.955 bits per heavy atom. The van der Waals surface area contributed by atoms with Gasteiger partial charge in [0.05, 0.1) is 0 Å². The van der Waals surface area contributed by atoms with Crippen LogP contribution in [0.2, 0.25) is 0 Å². The van der Waals surface area contributed by atoms with Crippen LogP contribution in [0.1, 0.15) is 37.8 Å². The third kappa shape index (κ3) is 5.11. The Hall–Kier alpha value is -2.52. The number of allylic oxidation sites excluding steroid dienone is 3. The van der Waals surface area contributed by atoms with Crippen LogP contribution in [0.3, 0.4) is 0 Å². The Kier molecular flexibility index (Phi) is 6.27. The molecule has 0 amide bonds. The molecule has 0 heteroatoms. The van der Waals surface area contributed by atoms with Crippen LogP contribution in [-0.4, -0.2) is 0 Å². The molecule has 0 bridgehead atoms. The van der Waals surface area contributed by atoms with Gasteiger partial charge in [-0.3, -0.25) is 0 Å². The quantitative estimate of drug-likeness (QED) is 0.487. The molecule has 0 aromatic heterocycles. The average molecular weight is 286 g/mol. The normalized spacial score (nSPS) is 11.7. The predicted octanol–water partition coefficient (Wildman–Crippen LogP) is 5.87. The van der Waals surface area contributed by atoms with Gasteiger partial charge in [0.1, 0.15) is 0 Å². The molecule has 110 valence electrons. The molecule has 0 nitrogen and oxygen atoms in total. The maximum Gasteiger partial charge on any atom is 0.0249 e. The summed E-state index contributed by atoms with van der Waals surface area (Å²) >= 11 is 0. The summed E-state index contributed by atoms with van der Waals surface area (Å²) in [6.45, 7) is 4.38. The fraction of sp³-hybridized carbons (Fsp3) is 0.182. The standard InChI is InChI=1S/C22H22/c1-3-10-19(2)22(17-15-20-11-6-4-7-12-20)18-16-21-13-8-5-9-14-21/h4-9,11-15,17H,3,10H2,1-2H3/b17-15+,22-19-. The fourth-order valence-electron chi connectivity index (χ4n) is 2.20. The van der Waals surface area contributed by atoms with Crippen molar-refractivity contribution in [1.82, 2.24) is 0 Å². The fourth-order valence-corrected chi connectivity index (χ4v) is 2.20. The van der Waals surface area contributed by atoms with Gasteiger partial charge in [-0.25, -0.2) is 0 Å². The van der Waals surface area contributed by atoms with Crippen LogP contribution in [0.25, 0.3) is 6.08 Å². The van der Waals surface area contributed by atoms with E-state index in [9.17, 15) is 0 Å². The van der Waals surface area contributed by atoms with E-state index in [4.69, 9.17) is 0 Å². The summed E-state index contributed by atoms with van der Waals surface area (Å²) in [7, 11) is 0. The second kappa shape index (κ2) is 8.70. The maximum atomic E-state index is 3.33. The van der Waals surface area contributed by atoms with E-state index in [1.54, 1.807) is 0 Å².